The number of hydrogen-bond donors (Lipinski definition) is 3. The first-order chi connectivity index (χ1) is 15.7. The SMILES string of the molecule is CCCNC(=O)[C@@H]1CC[C@H](Nc2ncnc3sccc23)CN(C2CCOCC2)C1.O=CO. The second-order valence-electron chi connectivity index (χ2n) is 8.17. The second kappa shape index (κ2) is 12.7. The molecule has 2 aliphatic heterocycles. The summed E-state index contributed by atoms with van der Waals surface area (Å²) in [5.41, 5.74) is 0. The van der Waals surface area contributed by atoms with Crippen molar-refractivity contribution < 1.29 is 19.4 Å². The number of rotatable bonds is 6. The van der Waals surface area contributed by atoms with Crippen molar-refractivity contribution >= 4 is 39.8 Å². The van der Waals surface area contributed by atoms with E-state index in [4.69, 9.17) is 14.6 Å². The van der Waals surface area contributed by atoms with E-state index >= 15 is 0 Å². The average molecular weight is 464 g/mol. The zero-order valence-corrected chi connectivity index (χ0v) is 19.4. The van der Waals surface area contributed by atoms with Gasteiger partial charge in [-0.05, 0) is 43.6 Å². The molecule has 4 heterocycles. The van der Waals surface area contributed by atoms with Crippen LogP contribution >= 0.6 is 11.3 Å². The summed E-state index contributed by atoms with van der Waals surface area (Å²) in [6.45, 7) is 5.98. The Morgan fingerprint density at radius 1 is 1.28 bits per heavy atom. The van der Waals surface area contributed by atoms with Gasteiger partial charge in [0.05, 0.1) is 11.3 Å². The Hall–Kier alpha value is -2.30. The Labute approximate surface area is 192 Å². The number of amides is 1. The normalized spacial score (nSPS) is 22.4. The zero-order valence-electron chi connectivity index (χ0n) is 18.5. The van der Waals surface area contributed by atoms with E-state index < -0.39 is 0 Å². The summed E-state index contributed by atoms with van der Waals surface area (Å²) in [6, 6.07) is 2.83. The number of ether oxygens (including phenoxy) is 1. The lowest BCUT2D eigenvalue weighted by Crippen LogP contribution is -2.47. The molecule has 0 unspecified atom stereocenters. The van der Waals surface area contributed by atoms with Crippen molar-refractivity contribution in [2.24, 2.45) is 5.92 Å². The highest BCUT2D eigenvalue weighted by Gasteiger charge is 2.32. The van der Waals surface area contributed by atoms with Gasteiger partial charge < -0.3 is 20.5 Å². The number of nitrogens with zero attached hydrogens (tertiary/aromatic N) is 3. The first-order valence-corrected chi connectivity index (χ1v) is 12.2. The molecule has 10 heteroatoms. The van der Waals surface area contributed by atoms with Gasteiger partial charge in [-0.25, -0.2) is 9.97 Å². The van der Waals surface area contributed by atoms with Crippen LogP contribution in [0.1, 0.15) is 39.0 Å². The Bertz CT molecular complexity index is 858. The van der Waals surface area contributed by atoms with Crippen LogP contribution in [0.3, 0.4) is 0 Å². The van der Waals surface area contributed by atoms with E-state index in [9.17, 15) is 4.79 Å². The summed E-state index contributed by atoms with van der Waals surface area (Å²) >= 11 is 1.63. The van der Waals surface area contributed by atoms with E-state index in [2.05, 4.69) is 43.9 Å². The number of anilines is 1. The van der Waals surface area contributed by atoms with E-state index in [1.807, 2.05) is 0 Å². The van der Waals surface area contributed by atoms with Crippen molar-refractivity contribution in [1.82, 2.24) is 20.2 Å². The average Bonchev–Trinajstić information content (AvgIpc) is 3.20. The number of carbonyl (C=O) groups is 2. The number of fused-ring (bicyclic) bond motifs is 1. The topological polar surface area (TPSA) is 117 Å². The predicted molar refractivity (Wildman–Crippen MR) is 125 cm³/mol. The molecular weight excluding hydrogens is 430 g/mol. The first-order valence-electron chi connectivity index (χ1n) is 11.3. The Morgan fingerprint density at radius 3 is 2.81 bits per heavy atom. The van der Waals surface area contributed by atoms with Gasteiger partial charge in [-0.1, -0.05) is 6.92 Å². The van der Waals surface area contributed by atoms with Gasteiger partial charge >= 0.3 is 0 Å². The number of hydrogen-bond acceptors (Lipinski definition) is 8. The van der Waals surface area contributed by atoms with E-state index in [0.717, 1.165) is 81.0 Å². The summed E-state index contributed by atoms with van der Waals surface area (Å²) in [5, 5.41) is 16.8. The lowest BCUT2D eigenvalue weighted by Gasteiger charge is -2.36. The van der Waals surface area contributed by atoms with Crippen LogP contribution in [0.2, 0.25) is 0 Å². The lowest BCUT2D eigenvalue weighted by molar-refractivity contribution is -0.126. The molecule has 0 aromatic carbocycles. The van der Waals surface area contributed by atoms with Gasteiger partial charge in [0.1, 0.15) is 17.0 Å². The molecule has 1 amide bonds. The van der Waals surface area contributed by atoms with Gasteiger partial charge in [-0.3, -0.25) is 14.5 Å². The number of carbonyl (C=O) groups excluding carboxylic acids is 1. The quantitative estimate of drug-likeness (QED) is 0.560. The molecule has 0 saturated carbocycles. The van der Waals surface area contributed by atoms with Crippen LogP contribution in [0.15, 0.2) is 17.8 Å². The third-order valence-electron chi connectivity index (χ3n) is 6.00. The molecular formula is C22H33N5O4S. The maximum atomic E-state index is 12.7. The Kier molecular flexibility index (Phi) is 9.63. The Balaban J connectivity index is 0.000000913. The molecule has 2 aliphatic rings. The van der Waals surface area contributed by atoms with Gasteiger partial charge in [-0.15, -0.1) is 11.3 Å². The highest BCUT2D eigenvalue weighted by Crippen LogP contribution is 2.28. The molecule has 4 rings (SSSR count). The van der Waals surface area contributed by atoms with Crippen LogP contribution in [-0.4, -0.2) is 77.3 Å². The van der Waals surface area contributed by atoms with Gasteiger partial charge in [0.2, 0.25) is 5.91 Å². The third kappa shape index (κ3) is 6.60. The van der Waals surface area contributed by atoms with E-state index in [-0.39, 0.29) is 24.3 Å². The molecule has 9 nitrogen and oxygen atoms in total. The van der Waals surface area contributed by atoms with Gasteiger partial charge in [-0.2, -0.15) is 0 Å². The number of likely N-dealkylation sites (tertiary alicyclic amines) is 1. The fraction of sp³-hybridized carbons (Fsp3) is 0.636. The summed E-state index contributed by atoms with van der Waals surface area (Å²) in [5.74, 6) is 1.15. The molecule has 2 atom stereocenters. The maximum Gasteiger partial charge on any atom is 0.290 e. The fourth-order valence-corrected chi connectivity index (χ4v) is 5.13. The van der Waals surface area contributed by atoms with Crippen LogP contribution in [-0.2, 0) is 14.3 Å². The molecule has 2 saturated heterocycles. The molecule has 0 spiro atoms. The molecule has 3 N–H and O–H groups in total. The van der Waals surface area contributed by atoms with Crippen molar-refractivity contribution in [2.75, 3.05) is 38.2 Å². The van der Waals surface area contributed by atoms with Crippen LogP contribution < -0.4 is 10.6 Å². The smallest absolute Gasteiger partial charge is 0.290 e. The monoisotopic (exact) mass is 463 g/mol. The first kappa shape index (κ1) is 24.3. The van der Waals surface area contributed by atoms with Crippen molar-refractivity contribution in [3.8, 4) is 0 Å². The van der Waals surface area contributed by atoms with E-state index in [0.29, 0.717) is 6.04 Å². The summed E-state index contributed by atoms with van der Waals surface area (Å²) in [4.78, 5) is 33.5. The standard InChI is InChI=1S/C21H31N5O2S.CH2O2/c1-2-8-22-20(27)15-3-4-16(13-26(12-15)17-5-9-28-10-6-17)25-19-18-7-11-29-21(18)24-14-23-19;2-1-3/h7,11,14-17H,2-6,8-10,12-13H2,1H3,(H,22,27)(H,23,24,25);1H,(H,2,3)/t15-,16+;/m1./s1. The van der Waals surface area contributed by atoms with Crippen molar-refractivity contribution in [2.45, 2.75) is 51.1 Å². The van der Waals surface area contributed by atoms with Crippen LogP contribution in [0.5, 0.6) is 0 Å². The van der Waals surface area contributed by atoms with Crippen molar-refractivity contribution in [3.63, 3.8) is 0 Å². The largest absolute Gasteiger partial charge is 0.483 e. The fourth-order valence-electron chi connectivity index (χ4n) is 4.40. The minimum Gasteiger partial charge on any atom is -0.483 e. The van der Waals surface area contributed by atoms with Crippen molar-refractivity contribution in [3.05, 3.63) is 17.8 Å². The third-order valence-corrected chi connectivity index (χ3v) is 6.82. The summed E-state index contributed by atoms with van der Waals surface area (Å²) < 4.78 is 5.57. The highest BCUT2D eigenvalue weighted by atomic mass is 32.1. The molecule has 0 bridgehead atoms. The molecule has 0 radical (unpaired) electrons. The molecule has 2 aromatic heterocycles. The summed E-state index contributed by atoms with van der Waals surface area (Å²) in [7, 11) is 0. The van der Waals surface area contributed by atoms with Crippen LogP contribution in [0.4, 0.5) is 5.82 Å². The van der Waals surface area contributed by atoms with E-state index in [1.54, 1.807) is 17.7 Å². The molecule has 32 heavy (non-hydrogen) atoms. The zero-order chi connectivity index (χ0) is 22.8. The molecule has 2 aromatic rings. The van der Waals surface area contributed by atoms with Crippen LogP contribution in [0, 0.1) is 5.92 Å². The maximum absolute atomic E-state index is 12.7. The minimum absolute atomic E-state index is 0.0442. The second-order valence-corrected chi connectivity index (χ2v) is 9.07. The number of nitrogens with one attached hydrogen (secondary N) is 2. The molecule has 2 fully saturated rings. The van der Waals surface area contributed by atoms with Crippen molar-refractivity contribution in [1.29, 1.82) is 0 Å². The number of carboxylic acid groups (broad SMARTS) is 1. The van der Waals surface area contributed by atoms with Gasteiger partial charge in [0.25, 0.3) is 6.47 Å². The predicted octanol–water partition coefficient (Wildman–Crippen LogP) is 2.59. The highest BCUT2D eigenvalue weighted by molar-refractivity contribution is 7.16. The number of aromatic nitrogens is 2. The lowest BCUT2D eigenvalue weighted by atomic mass is 10.00. The summed E-state index contributed by atoms with van der Waals surface area (Å²) in [6.07, 6.45) is 6.53. The molecule has 176 valence electrons. The van der Waals surface area contributed by atoms with Gasteiger partial charge in [0.15, 0.2) is 0 Å². The van der Waals surface area contributed by atoms with E-state index in [1.165, 1.54) is 0 Å². The number of thiophene rings is 1. The Morgan fingerprint density at radius 2 is 2.06 bits per heavy atom. The molecule has 0 aliphatic carbocycles. The minimum atomic E-state index is -0.250. The van der Waals surface area contributed by atoms with Gasteiger partial charge in [0, 0.05) is 44.9 Å². The van der Waals surface area contributed by atoms with Crippen LogP contribution in [0.25, 0.3) is 10.2 Å².